The molecule has 0 radical (unpaired) electrons. The van der Waals surface area contributed by atoms with Gasteiger partial charge in [0.05, 0.1) is 18.4 Å². The van der Waals surface area contributed by atoms with Crippen molar-refractivity contribution >= 4 is 17.4 Å². The molecule has 4 rings (SSSR count). The number of benzene rings is 1. The molecular formula is C19H20N6O. The van der Waals surface area contributed by atoms with Gasteiger partial charge in [-0.3, -0.25) is 14.3 Å². The number of fused-ring (bicyclic) bond motifs is 1. The van der Waals surface area contributed by atoms with Gasteiger partial charge in [0.25, 0.3) is 0 Å². The lowest BCUT2D eigenvalue weighted by molar-refractivity contribution is -0.116. The summed E-state index contributed by atoms with van der Waals surface area (Å²) >= 11 is 0. The van der Waals surface area contributed by atoms with E-state index in [1.165, 1.54) is 5.56 Å². The van der Waals surface area contributed by atoms with E-state index in [-0.39, 0.29) is 11.9 Å². The van der Waals surface area contributed by atoms with Crippen LogP contribution in [0.2, 0.25) is 0 Å². The molecule has 0 fully saturated rings. The van der Waals surface area contributed by atoms with E-state index < -0.39 is 0 Å². The smallest absolute Gasteiger partial charge is 0.224 e. The van der Waals surface area contributed by atoms with E-state index in [1.807, 2.05) is 29.8 Å². The average molecular weight is 348 g/mol. The summed E-state index contributed by atoms with van der Waals surface area (Å²) in [5.74, 6) is 2.37. The van der Waals surface area contributed by atoms with E-state index in [9.17, 15) is 4.79 Å². The molecule has 132 valence electrons. The maximum Gasteiger partial charge on any atom is 0.224 e. The van der Waals surface area contributed by atoms with Crippen LogP contribution in [0.4, 0.5) is 11.5 Å². The normalized spacial score (nSPS) is 14.5. The summed E-state index contributed by atoms with van der Waals surface area (Å²) < 4.78 is 1.89. The summed E-state index contributed by atoms with van der Waals surface area (Å²) in [6.07, 6.45) is 8.35. The van der Waals surface area contributed by atoms with Crippen molar-refractivity contribution in [1.29, 1.82) is 0 Å². The molecular weight excluding hydrogens is 328 g/mol. The maximum absolute atomic E-state index is 11.5. The number of imidazole rings is 1. The lowest BCUT2D eigenvalue weighted by Gasteiger charge is -2.20. The first-order valence-electron chi connectivity index (χ1n) is 8.62. The summed E-state index contributed by atoms with van der Waals surface area (Å²) in [5.41, 5.74) is 3.23. The Kier molecular flexibility index (Phi) is 4.12. The SMILES string of the molecule is Cc1nccn1-c1cncc(NC(C)c2ccc3c(c2)CCC(=O)N3)n1. The molecule has 1 aliphatic heterocycles. The average Bonchev–Trinajstić information content (AvgIpc) is 3.07. The molecule has 0 aliphatic carbocycles. The molecule has 0 saturated heterocycles. The van der Waals surface area contributed by atoms with Gasteiger partial charge in [-0.05, 0) is 37.5 Å². The quantitative estimate of drug-likeness (QED) is 0.757. The highest BCUT2D eigenvalue weighted by molar-refractivity contribution is 5.93. The number of aryl methyl sites for hydroxylation is 2. The second-order valence-corrected chi connectivity index (χ2v) is 6.44. The van der Waals surface area contributed by atoms with Crippen molar-refractivity contribution in [2.24, 2.45) is 0 Å². The summed E-state index contributed by atoms with van der Waals surface area (Å²) in [4.78, 5) is 24.6. The van der Waals surface area contributed by atoms with Crippen LogP contribution in [0.25, 0.3) is 5.82 Å². The Hall–Kier alpha value is -3.22. The fourth-order valence-electron chi connectivity index (χ4n) is 3.14. The molecule has 0 bridgehead atoms. The van der Waals surface area contributed by atoms with Crippen molar-refractivity contribution in [3.8, 4) is 5.82 Å². The predicted octanol–water partition coefficient (Wildman–Crippen LogP) is 3.03. The highest BCUT2D eigenvalue weighted by Crippen LogP contribution is 2.27. The van der Waals surface area contributed by atoms with Crippen molar-refractivity contribution in [2.75, 3.05) is 10.6 Å². The predicted molar refractivity (Wildman–Crippen MR) is 99.3 cm³/mol. The van der Waals surface area contributed by atoms with E-state index in [2.05, 4.69) is 38.6 Å². The molecule has 26 heavy (non-hydrogen) atoms. The van der Waals surface area contributed by atoms with Gasteiger partial charge in [-0.25, -0.2) is 9.97 Å². The van der Waals surface area contributed by atoms with Crippen LogP contribution < -0.4 is 10.6 Å². The number of aromatic nitrogens is 4. The van der Waals surface area contributed by atoms with E-state index in [1.54, 1.807) is 18.6 Å². The van der Waals surface area contributed by atoms with E-state index in [4.69, 9.17) is 0 Å². The third kappa shape index (κ3) is 3.15. The number of hydrogen-bond acceptors (Lipinski definition) is 5. The van der Waals surface area contributed by atoms with Crippen LogP contribution in [-0.4, -0.2) is 25.4 Å². The monoisotopic (exact) mass is 348 g/mol. The van der Waals surface area contributed by atoms with Gasteiger partial charge < -0.3 is 10.6 Å². The van der Waals surface area contributed by atoms with E-state index in [0.29, 0.717) is 12.2 Å². The molecule has 1 aliphatic rings. The van der Waals surface area contributed by atoms with Crippen LogP contribution in [0, 0.1) is 6.92 Å². The Labute approximate surface area is 151 Å². The fourth-order valence-corrected chi connectivity index (χ4v) is 3.14. The molecule has 2 aromatic heterocycles. The molecule has 7 heteroatoms. The largest absolute Gasteiger partial charge is 0.362 e. The van der Waals surface area contributed by atoms with Gasteiger partial charge in [-0.2, -0.15) is 0 Å². The zero-order chi connectivity index (χ0) is 18.1. The van der Waals surface area contributed by atoms with Gasteiger partial charge in [0.15, 0.2) is 5.82 Å². The molecule has 1 atom stereocenters. The number of carbonyl (C=O) groups excluding carboxylic acids is 1. The first-order chi connectivity index (χ1) is 12.6. The molecule has 0 saturated carbocycles. The van der Waals surface area contributed by atoms with Crippen molar-refractivity contribution in [3.05, 3.63) is 59.9 Å². The standard InChI is InChI=1S/C19H20N6O/c1-12(14-3-5-16-15(9-14)4-6-19(26)23-16)22-17-10-20-11-18(24-17)25-8-7-21-13(25)2/h3,5,7-12H,4,6H2,1-2H3,(H,22,24)(H,23,26). The number of anilines is 2. The Balaban J connectivity index is 1.54. The summed E-state index contributed by atoms with van der Waals surface area (Å²) in [6, 6.07) is 6.20. The Morgan fingerprint density at radius 2 is 2.15 bits per heavy atom. The summed E-state index contributed by atoms with van der Waals surface area (Å²) in [5, 5.41) is 6.31. The number of carbonyl (C=O) groups is 1. The Morgan fingerprint density at radius 1 is 1.27 bits per heavy atom. The van der Waals surface area contributed by atoms with Crippen molar-refractivity contribution in [3.63, 3.8) is 0 Å². The van der Waals surface area contributed by atoms with Crippen LogP contribution in [0.1, 0.15) is 36.3 Å². The minimum absolute atomic E-state index is 0.0614. The van der Waals surface area contributed by atoms with Gasteiger partial charge >= 0.3 is 0 Å². The Morgan fingerprint density at radius 3 is 2.96 bits per heavy atom. The first-order valence-corrected chi connectivity index (χ1v) is 8.62. The highest BCUT2D eigenvalue weighted by atomic mass is 16.1. The number of amides is 1. The van der Waals surface area contributed by atoms with Crippen LogP contribution in [-0.2, 0) is 11.2 Å². The number of nitrogens with zero attached hydrogens (tertiary/aromatic N) is 4. The molecule has 2 N–H and O–H groups in total. The Bertz CT molecular complexity index is 964. The van der Waals surface area contributed by atoms with Crippen molar-refractivity contribution in [1.82, 2.24) is 19.5 Å². The lowest BCUT2D eigenvalue weighted by atomic mass is 9.98. The van der Waals surface area contributed by atoms with Crippen LogP contribution in [0.5, 0.6) is 0 Å². The van der Waals surface area contributed by atoms with Crippen molar-refractivity contribution in [2.45, 2.75) is 32.7 Å². The summed E-state index contributed by atoms with van der Waals surface area (Å²) in [6.45, 7) is 4.01. The maximum atomic E-state index is 11.5. The number of hydrogen-bond donors (Lipinski definition) is 2. The third-order valence-corrected chi connectivity index (χ3v) is 4.58. The third-order valence-electron chi connectivity index (χ3n) is 4.58. The van der Waals surface area contributed by atoms with Gasteiger partial charge in [0.2, 0.25) is 5.91 Å². The fraction of sp³-hybridized carbons (Fsp3) is 0.263. The van der Waals surface area contributed by atoms with E-state index >= 15 is 0 Å². The van der Waals surface area contributed by atoms with Gasteiger partial charge in [-0.1, -0.05) is 12.1 Å². The highest BCUT2D eigenvalue weighted by Gasteiger charge is 2.16. The molecule has 1 unspecified atom stereocenters. The van der Waals surface area contributed by atoms with Crippen LogP contribution >= 0.6 is 0 Å². The van der Waals surface area contributed by atoms with E-state index in [0.717, 1.165) is 29.3 Å². The zero-order valence-corrected chi connectivity index (χ0v) is 14.7. The second kappa shape index (κ2) is 6.59. The zero-order valence-electron chi connectivity index (χ0n) is 14.7. The van der Waals surface area contributed by atoms with Crippen molar-refractivity contribution < 1.29 is 4.79 Å². The van der Waals surface area contributed by atoms with Gasteiger partial charge in [0.1, 0.15) is 11.6 Å². The van der Waals surface area contributed by atoms with Crippen LogP contribution in [0.3, 0.4) is 0 Å². The minimum atomic E-state index is 0.0614. The summed E-state index contributed by atoms with van der Waals surface area (Å²) in [7, 11) is 0. The number of nitrogens with one attached hydrogen (secondary N) is 2. The van der Waals surface area contributed by atoms with Gasteiger partial charge in [-0.15, -0.1) is 0 Å². The molecule has 3 heterocycles. The van der Waals surface area contributed by atoms with Gasteiger partial charge in [0, 0.05) is 24.5 Å². The first kappa shape index (κ1) is 16.3. The lowest BCUT2D eigenvalue weighted by Crippen LogP contribution is -2.19. The molecule has 3 aromatic rings. The molecule has 1 amide bonds. The topological polar surface area (TPSA) is 84.7 Å². The molecule has 1 aromatic carbocycles. The number of rotatable bonds is 4. The minimum Gasteiger partial charge on any atom is -0.362 e. The molecule has 0 spiro atoms. The molecule has 7 nitrogen and oxygen atoms in total. The van der Waals surface area contributed by atoms with Crippen LogP contribution in [0.15, 0.2) is 43.0 Å². The second-order valence-electron chi connectivity index (χ2n) is 6.44.